The molecule has 1 saturated carbocycles. The number of nitrogens with zero attached hydrogens (tertiary/aromatic N) is 1. The summed E-state index contributed by atoms with van der Waals surface area (Å²) in [7, 11) is 0. The normalized spacial score (nSPS) is 20.6. The van der Waals surface area contributed by atoms with E-state index in [0.29, 0.717) is 5.41 Å². The summed E-state index contributed by atoms with van der Waals surface area (Å²) >= 11 is 0. The smallest absolute Gasteiger partial charge is 0.205 e. The van der Waals surface area contributed by atoms with E-state index < -0.39 is 0 Å². The molecule has 0 unspecified atom stereocenters. The Bertz CT molecular complexity index is 219. The Labute approximate surface area is 99.1 Å². The highest BCUT2D eigenvalue weighted by Crippen LogP contribution is 2.35. The lowest BCUT2D eigenvalue weighted by atomic mass is 9.76. The number of rotatable bonds is 4. The van der Waals surface area contributed by atoms with Crippen LogP contribution < -0.4 is 16.6 Å². The molecule has 0 saturated heterocycles. The molecule has 0 spiro atoms. The zero-order chi connectivity index (χ0) is 11.9. The van der Waals surface area contributed by atoms with Crippen molar-refractivity contribution < 1.29 is 0 Å². The molecule has 1 aliphatic rings. The third kappa shape index (κ3) is 4.39. The van der Waals surface area contributed by atoms with E-state index in [1.807, 2.05) is 0 Å². The van der Waals surface area contributed by atoms with Gasteiger partial charge in [0.1, 0.15) is 0 Å². The van der Waals surface area contributed by atoms with Crippen molar-refractivity contribution in [1.82, 2.24) is 10.7 Å². The van der Waals surface area contributed by atoms with Crippen LogP contribution in [-0.4, -0.2) is 19.0 Å². The van der Waals surface area contributed by atoms with Gasteiger partial charge in [-0.25, -0.2) is 5.84 Å². The largest absolute Gasteiger partial charge is 0.355 e. The fourth-order valence-corrected chi connectivity index (χ4v) is 2.23. The molecule has 1 aliphatic carbocycles. The predicted molar refractivity (Wildman–Crippen MR) is 69.1 cm³/mol. The third-order valence-corrected chi connectivity index (χ3v) is 3.36. The van der Waals surface area contributed by atoms with Crippen molar-refractivity contribution in [3.8, 4) is 0 Å². The van der Waals surface area contributed by atoms with E-state index in [1.165, 1.54) is 32.1 Å². The molecule has 0 bridgehead atoms. The lowest BCUT2D eigenvalue weighted by Gasteiger charge is -2.32. The minimum atomic E-state index is 0.383. The number of hydrogen-bond donors (Lipinski definition) is 3. The number of guanidine groups is 1. The Morgan fingerprint density at radius 1 is 1.31 bits per heavy atom. The fraction of sp³-hybridized carbons (Fsp3) is 0.917. The van der Waals surface area contributed by atoms with E-state index in [0.717, 1.165) is 25.5 Å². The molecule has 0 amide bonds. The fourth-order valence-electron chi connectivity index (χ4n) is 2.23. The number of nitrogens with one attached hydrogen (secondary N) is 2. The second kappa shape index (κ2) is 6.74. The van der Waals surface area contributed by atoms with Crippen LogP contribution in [0.15, 0.2) is 4.99 Å². The maximum atomic E-state index is 5.43. The van der Waals surface area contributed by atoms with Crippen molar-refractivity contribution in [3.05, 3.63) is 0 Å². The Balaban J connectivity index is 2.41. The topological polar surface area (TPSA) is 62.4 Å². The summed E-state index contributed by atoms with van der Waals surface area (Å²) in [6.45, 7) is 6.26. The van der Waals surface area contributed by atoms with E-state index in [-0.39, 0.29) is 0 Å². The average molecular weight is 226 g/mol. The van der Waals surface area contributed by atoms with Crippen LogP contribution in [0.5, 0.6) is 0 Å². The van der Waals surface area contributed by atoms with Gasteiger partial charge in [-0.2, -0.15) is 0 Å². The van der Waals surface area contributed by atoms with Gasteiger partial charge < -0.3 is 5.32 Å². The number of aliphatic imine (C=N–C) groups is 1. The number of hydrogen-bond acceptors (Lipinski definition) is 2. The standard InChI is InChI=1S/C12H26N4/c1-3-9-14-11(16-13)15-10-12(2)7-5-4-6-8-12/h3-10,13H2,1-2H3,(H2,14,15,16). The van der Waals surface area contributed by atoms with Crippen LogP contribution in [0, 0.1) is 5.41 Å². The quantitative estimate of drug-likeness (QED) is 0.296. The second-order valence-corrected chi connectivity index (χ2v) is 5.11. The highest BCUT2D eigenvalue weighted by molar-refractivity contribution is 5.79. The van der Waals surface area contributed by atoms with Gasteiger partial charge in [0, 0.05) is 13.1 Å². The van der Waals surface area contributed by atoms with Gasteiger partial charge in [-0.3, -0.25) is 10.4 Å². The lowest BCUT2D eigenvalue weighted by Crippen LogP contribution is -2.42. The van der Waals surface area contributed by atoms with Crippen molar-refractivity contribution >= 4 is 5.96 Å². The Hall–Kier alpha value is -0.770. The highest BCUT2D eigenvalue weighted by atomic mass is 15.3. The van der Waals surface area contributed by atoms with Gasteiger partial charge in [0.05, 0.1) is 0 Å². The summed E-state index contributed by atoms with van der Waals surface area (Å²) in [6.07, 6.45) is 7.75. The van der Waals surface area contributed by atoms with Crippen LogP contribution in [0.2, 0.25) is 0 Å². The molecule has 0 aromatic carbocycles. The predicted octanol–water partition coefficient (Wildman–Crippen LogP) is 1.78. The minimum absolute atomic E-state index is 0.383. The molecule has 0 aliphatic heterocycles. The second-order valence-electron chi connectivity index (χ2n) is 5.11. The summed E-state index contributed by atoms with van der Waals surface area (Å²) in [5.41, 5.74) is 3.02. The van der Waals surface area contributed by atoms with Crippen molar-refractivity contribution in [3.63, 3.8) is 0 Å². The molecule has 4 nitrogen and oxygen atoms in total. The van der Waals surface area contributed by atoms with Gasteiger partial charge >= 0.3 is 0 Å². The first-order chi connectivity index (χ1) is 7.70. The van der Waals surface area contributed by atoms with Gasteiger partial charge in [0.2, 0.25) is 5.96 Å². The van der Waals surface area contributed by atoms with Crippen LogP contribution in [-0.2, 0) is 0 Å². The van der Waals surface area contributed by atoms with Gasteiger partial charge in [0.25, 0.3) is 0 Å². The summed E-state index contributed by atoms with van der Waals surface area (Å²) < 4.78 is 0. The molecule has 16 heavy (non-hydrogen) atoms. The Morgan fingerprint density at radius 3 is 2.56 bits per heavy atom. The number of hydrazine groups is 1. The maximum absolute atomic E-state index is 5.43. The van der Waals surface area contributed by atoms with Crippen molar-refractivity contribution in [1.29, 1.82) is 0 Å². The van der Waals surface area contributed by atoms with Gasteiger partial charge in [-0.1, -0.05) is 33.1 Å². The molecule has 0 aromatic rings. The minimum Gasteiger partial charge on any atom is -0.355 e. The number of nitrogens with two attached hydrogens (primary N) is 1. The van der Waals surface area contributed by atoms with E-state index in [1.54, 1.807) is 0 Å². The molecule has 0 heterocycles. The van der Waals surface area contributed by atoms with Crippen molar-refractivity contribution in [2.75, 3.05) is 13.1 Å². The first-order valence-electron chi connectivity index (χ1n) is 6.45. The van der Waals surface area contributed by atoms with E-state index in [4.69, 9.17) is 5.84 Å². The monoisotopic (exact) mass is 226 g/mol. The zero-order valence-electron chi connectivity index (χ0n) is 10.7. The molecule has 1 rings (SSSR count). The molecule has 0 aromatic heterocycles. The first-order valence-corrected chi connectivity index (χ1v) is 6.45. The van der Waals surface area contributed by atoms with Crippen LogP contribution in [0.1, 0.15) is 52.4 Å². The first kappa shape index (κ1) is 13.3. The SMILES string of the molecule is CCCNC(=NCC1(C)CCCCC1)NN. The highest BCUT2D eigenvalue weighted by Gasteiger charge is 2.26. The van der Waals surface area contributed by atoms with E-state index >= 15 is 0 Å². The molecular formula is C12H26N4. The summed E-state index contributed by atoms with van der Waals surface area (Å²) in [4.78, 5) is 4.54. The molecular weight excluding hydrogens is 200 g/mol. The molecule has 4 heteroatoms. The summed E-state index contributed by atoms with van der Waals surface area (Å²) in [5, 5.41) is 3.19. The van der Waals surface area contributed by atoms with Crippen LogP contribution in [0.25, 0.3) is 0 Å². The third-order valence-electron chi connectivity index (χ3n) is 3.36. The Morgan fingerprint density at radius 2 is 2.00 bits per heavy atom. The molecule has 94 valence electrons. The van der Waals surface area contributed by atoms with Gasteiger partial charge in [-0.15, -0.1) is 0 Å². The van der Waals surface area contributed by atoms with Crippen LogP contribution in [0.3, 0.4) is 0 Å². The van der Waals surface area contributed by atoms with Gasteiger partial charge in [0.15, 0.2) is 0 Å². The van der Waals surface area contributed by atoms with E-state index in [2.05, 4.69) is 29.6 Å². The maximum Gasteiger partial charge on any atom is 0.205 e. The van der Waals surface area contributed by atoms with Crippen molar-refractivity contribution in [2.45, 2.75) is 52.4 Å². The van der Waals surface area contributed by atoms with Crippen LogP contribution in [0.4, 0.5) is 0 Å². The summed E-state index contributed by atoms with van der Waals surface area (Å²) in [5.74, 6) is 6.16. The van der Waals surface area contributed by atoms with Gasteiger partial charge in [-0.05, 0) is 24.7 Å². The molecule has 0 atom stereocenters. The molecule has 1 fully saturated rings. The zero-order valence-corrected chi connectivity index (χ0v) is 10.7. The average Bonchev–Trinajstić information content (AvgIpc) is 2.30. The van der Waals surface area contributed by atoms with Crippen molar-refractivity contribution in [2.24, 2.45) is 16.3 Å². The Kier molecular flexibility index (Phi) is 5.60. The summed E-state index contributed by atoms with van der Waals surface area (Å²) in [6, 6.07) is 0. The lowest BCUT2D eigenvalue weighted by molar-refractivity contribution is 0.226. The van der Waals surface area contributed by atoms with E-state index in [9.17, 15) is 0 Å². The van der Waals surface area contributed by atoms with Crippen LogP contribution >= 0.6 is 0 Å². The molecule has 0 radical (unpaired) electrons. The molecule has 4 N–H and O–H groups in total.